The van der Waals surface area contributed by atoms with Crippen LogP contribution in [-0.4, -0.2) is 55.8 Å². The number of esters is 2. The van der Waals surface area contributed by atoms with E-state index in [1.165, 1.54) is 19.2 Å². The topological polar surface area (TPSA) is 129 Å². The molecule has 2 aromatic carbocycles. The van der Waals surface area contributed by atoms with E-state index in [9.17, 15) is 19.2 Å². The Labute approximate surface area is 235 Å². The highest BCUT2D eigenvalue weighted by atomic mass is 16.6. The van der Waals surface area contributed by atoms with E-state index >= 15 is 0 Å². The van der Waals surface area contributed by atoms with Crippen LogP contribution in [0, 0.1) is 0 Å². The van der Waals surface area contributed by atoms with Crippen LogP contribution in [0.2, 0.25) is 0 Å². The van der Waals surface area contributed by atoms with E-state index in [1.807, 2.05) is 30.3 Å². The van der Waals surface area contributed by atoms with E-state index in [2.05, 4.69) is 17.6 Å². The second-order valence-corrected chi connectivity index (χ2v) is 10.2. The lowest BCUT2D eigenvalue weighted by molar-refractivity contribution is -0.147. The molecular weight excluding hydrogens is 516 g/mol. The molecule has 2 rings (SSSR count). The minimum atomic E-state index is -0.957. The average molecular weight is 557 g/mol. The van der Waals surface area contributed by atoms with Crippen molar-refractivity contribution in [2.45, 2.75) is 71.6 Å². The van der Waals surface area contributed by atoms with Crippen molar-refractivity contribution in [3.8, 4) is 5.75 Å². The Morgan fingerprint density at radius 2 is 1.68 bits per heavy atom. The van der Waals surface area contributed by atoms with Crippen molar-refractivity contribution in [3.63, 3.8) is 0 Å². The van der Waals surface area contributed by atoms with Gasteiger partial charge < -0.3 is 29.6 Å². The van der Waals surface area contributed by atoms with Crippen LogP contribution in [0.15, 0.2) is 48.5 Å². The van der Waals surface area contributed by atoms with E-state index in [1.54, 1.807) is 26.8 Å². The van der Waals surface area contributed by atoms with Crippen LogP contribution >= 0.6 is 0 Å². The monoisotopic (exact) mass is 556 g/mol. The number of carbonyl (C=O) groups is 4. The highest BCUT2D eigenvalue weighted by Crippen LogP contribution is 2.22. The van der Waals surface area contributed by atoms with Crippen LogP contribution in [0.25, 0.3) is 0 Å². The van der Waals surface area contributed by atoms with Crippen LogP contribution < -0.4 is 15.4 Å². The van der Waals surface area contributed by atoms with E-state index in [0.717, 1.165) is 24.8 Å². The molecule has 0 bridgehead atoms. The van der Waals surface area contributed by atoms with Gasteiger partial charge in [-0.2, -0.15) is 0 Å². The van der Waals surface area contributed by atoms with Gasteiger partial charge in [0.25, 0.3) is 0 Å². The zero-order chi connectivity index (χ0) is 29.5. The van der Waals surface area contributed by atoms with E-state index < -0.39 is 36.3 Å². The number of alkyl carbamates (subject to hydrolysis) is 1. The van der Waals surface area contributed by atoms with Gasteiger partial charge in [0.15, 0.2) is 6.61 Å². The highest BCUT2D eigenvalue weighted by Gasteiger charge is 2.26. The van der Waals surface area contributed by atoms with Crippen molar-refractivity contribution in [1.29, 1.82) is 0 Å². The van der Waals surface area contributed by atoms with Gasteiger partial charge in [-0.25, -0.2) is 14.4 Å². The van der Waals surface area contributed by atoms with Crippen molar-refractivity contribution < 1.29 is 38.1 Å². The molecule has 10 heteroatoms. The SMILES string of the molecule is CCCCCNC(=O)[C@H](Cc1ccc(OCC(=O)OCc2ccccc2)c(C(=O)OC)c1)NC(=O)OC(C)(C)C. The lowest BCUT2D eigenvalue weighted by Gasteiger charge is -2.23. The summed E-state index contributed by atoms with van der Waals surface area (Å²) in [4.78, 5) is 50.1. The smallest absolute Gasteiger partial charge is 0.408 e. The van der Waals surface area contributed by atoms with Crippen molar-refractivity contribution in [2.75, 3.05) is 20.3 Å². The van der Waals surface area contributed by atoms with Crippen molar-refractivity contribution in [1.82, 2.24) is 10.6 Å². The molecule has 2 N–H and O–H groups in total. The predicted octanol–water partition coefficient (Wildman–Crippen LogP) is 4.34. The molecule has 40 heavy (non-hydrogen) atoms. The molecule has 0 aliphatic carbocycles. The summed E-state index contributed by atoms with van der Waals surface area (Å²) < 4.78 is 21.0. The Hall–Kier alpha value is -4.08. The van der Waals surface area contributed by atoms with Gasteiger partial charge in [0, 0.05) is 13.0 Å². The number of amides is 2. The first-order valence-corrected chi connectivity index (χ1v) is 13.3. The fourth-order valence-corrected chi connectivity index (χ4v) is 3.62. The number of benzene rings is 2. The van der Waals surface area contributed by atoms with Gasteiger partial charge in [-0.3, -0.25) is 4.79 Å². The molecule has 0 saturated carbocycles. The minimum Gasteiger partial charge on any atom is -0.481 e. The van der Waals surface area contributed by atoms with Gasteiger partial charge in [0.05, 0.1) is 7.11 Å². The predicted molar refractivity (Wildman–Crippen MR) is 149 cm³/mol. The highest BCUT2D eigenvalue weighted by molar-refractivity contribution is 5.93. The average Bonchev–Trinajstić information content (AvgIpc) is 2.92. The number of hydrogen-bond acceptors (Lipinski definition) is 8. The Balaban J connectivity index is 2.13. The van der Waals surface area contributed by atoms with Crippen molar-refractivity contribution in [2.24, 2.45) is 0 Å². The number of methoxy groups -OCH3 is 1. The maximum Gasteiger partial charge on any atom is 0.408 e. The standard InChI is InChI=1S/C30H40N2O8/c1-6-7-11-16-31-27(34)24(32-29(36)40-30(2,3)4)18-22-14-15-25(23(17-22)28(35)37-5)38-20-26(33)39-19-21-12-9-8-10-13-21/h8-10,12-15,17,24H,6-7,11,16,18-20H2,1-5H3,(H,31,34)(H,32,36)/t24-/m0/s1. The van der Waals surface area contributed by atoms with Crippen molar-refractivity contribution in [3.05, 3.63) is 65.2 Å². The molecular formula is C30H40N2O8. The summed E-state index contributed by atoms with van der Waals surface area (Å²) >= 11 is 0. The van der Waals surface area contributed by atoms with Gasteiger partial charge in [0.1, 0.15) is 29.6 Å². The molecule has 0 saturated heterocycles. The maximum atomic E-state index is 12.9. The Morgan fingerprint density at radius 3 is 2.33 bits per heavy atom. The van der Waals surface area contributed by atoms with Crippen LogP contribution in [0.1, 0.15) is 68.4 Å². The van der Waals surface area contributed by atoms with Gasteiger partial charge in [-0.05, 0) is 50.5 Å². The zero-order valence-electron chi connectivity index (χ0n) is 23.9. The number of nitrogens with one attached hydrogen (secondary N) is 2. The summed E-state index contributed by atoms with van der Waals surface area (Å²) in [5.41, 5.74) is 0.713. The van der Waals surface area contributed by atoms with Crippen LogP contribution in [0.4, 0.5) is 4.79 Å². The molecule has 0 heterocycles. The third kappa shape index (κ3) is 11.8. The molecule has 0 fully saturated rings. The third-order valence-electron chi connectivity index (χ3n) is 5.56. The van der Waals surface area contributed by atoms with Gasteiger partial charge in [-0.15, -0.1) is 0 Å². The normalized spacial score (nSPS) is 11.6. The van der Waals surface area contributed by atoms with E-state index in [0.29, 0.717) is 12.1 Å². The number of ether oxygens (including phenoxy) is 4. The molecule has 0 unspecified atom stereocenters. The molecule has 0 aliphatic heterocycles. The molecule has 1 atom stereocenters. The Bertz CT molecular complexity index is 1130. The second-order valence-electron chi connectivity index (χ2n) is 10.2. The van der Waals surface area contributed by atoms with Gasteiger partial charge in [-0.1, -0.05) is 56.2 Å². The Morgan fingerprint density at radius 1 is 0.950 bits per heavy atom. The third-order valence-corrected chi connectivity index (χ3v) is 5.56. The summed E-state index contributed by atoms with van der Waals surface area (Å²) in [7, 11) is 1.23. The maximum absolute atomic E-state index is 12.9. The fourth-order valence-electron chi connectivity index (χ4n) is 3.62. The summed E-state index contributed by atoms with van der Waals surface area (Å²) in [6.07, 6.45) is 2.12. The van der Waals surface area contributed by atoms with Gasteiger partial charge >= 0.3 is 18.0 Å². The first-order valence-electron chi connectivity index (χ1n) is 13.3. The molecule has 218 valence electrons. The number of carbonyl (C=O) groups excluding carboxylic acids is 4. The fraction of sp³-hybridized carbons (Fsp3) is 0.467. The summed E-state index contributed by atoms with van der Waals surface area (Å²) in [6.45, 7) is 7.40. The van der Waals surface area contributed by atoms with Crippen molar-refractivity contribution >= 4 is 23.9 Å². The lowest BCUT2D eigenvalue weighted by atomic mass is 10.0. The van der Waals surface area contributed by atoms with Crippen LogP contribution in [0.3, 0.4) is 0 Å². The van der Waals surface area contributed by atoms with Gasteiger partial charge in [0.2, 0.25) is 5.91 Å². The summed E-state index contributed by atoms with van der Waals surface area (Å²) in [5.74, 6) is -1.55. The zero-order valence-corrected chi connectivity index (χ0v) is 23.9. The molecule has 2 amide bonds. The molecule has 0 aliphatic rings. The minimum absolute atomic E-state index is 0.0650. The lowest BCUT2D eigenvalue weighted by Crippen LogP contribution is -2.49. The number of unbranched alkanes of at least 4 members (excludes halogenated alkanes) is 2. The quantitative estimate of drug-likeness (QED) is 0.200. The molecule has 10 nitrogen and oxygen atoms in total. The molecule has 0 radical (unpaired) electrons. The first-order chi connectivity index (χ1) is 19.0. The summed E-state index contributed by atoms with van der Waals surface area (Å²) in [5, 5.41) is 5.47. The summed E-state index contributed by atoms with van der Waals surface area (Å²) in [6, 6.07) is 12.9. The largest absolute Gasteiger partial charge is 0.481 e. The molecule has 0 spiro atoms. The van der Waals surface area contributed by atoms with E-state index in [-0.39, 0.29) is 30.2 Å². The second kappa shape index (κ2) is 16.1. The van der Waals surface area contributed by atoms with Crippen LogP contribution in [0.5, 0.6) is 5.75 Å². The van der Waals surface area contributed by atoms with Crippen LogP contribution in [-0.2, 0) is 36.8 Å². The van der Waals surface area contributed by atoms with E-state index in [4.69, 9.17) is 18.9 Å². The number of hydrogen-bond donors (Lipinski definition) is 2. The Kier molecular flexibility index (Phi) is 13.0. The molecule has 0 aromatic heterocycles. The molecule has 2 aromatic rings. The first kappa shape index (κ1) is 32.1. The number of rotatable bonds is 14.